The number of amides is 1. The van der Waals surface area contributed by atoms with E-state index in [1.165, 1.54) is 12.1 Å². The van der Waals surface area contributed by atoms with E-state index in [9.17, 15) is 13.6 Å². The topological polar surface area (TPSA) is 72.8 Å². The average Bonchev–Trinajstić information content (AvgIpc) is 3.16. The summed E-state index contributed by atoms with van der Waals surface area (Å²) in [5.41, 5.74) is 3.40. The molecule has 0 aliphatic carbocycles. The van der Waals surface area contributed by atoms with Crippen molar-refractivity contribution in [1.29, 1.82) is 0 Å². The lowest BCUT2D eigenvalue weighted by Crippen LogP contribution is -2.25. The third-order valence-electron chi connectivity index (χ3n) is 4.30. The molecular weight excluding hydrogens is 356 g/mol. The highest BCUT2D eigenvalue weighted by Gasteiger charge is 2.43. The molecule has 1 aromatic carbocycles. The minimum absolute atomic E-state index is 0.00106. The van der Waals surface area contributed by atoms with Crippen LogP contribution in [0.1, 0.15) is 18.9 Å². The number of nitrogens with one attached hydrogen (secondary N) is 1. The number of carbonyl (C=O) groups is 1. The van der Waals surface area contributed by atoms with E-state index >= 15 is 0 Å². The smallest absolute Gasteiger partial charge is 0.395 e. The second kappa shape index (κ2) is 6.15. The Kier molecular flexibility index (Phi) is 3.91. The molecule has 0 saturated carbocycles. The molecule has 0 atom stereocenters. The number of halogens is 2. The highest BCUT2D eigenvalue weighted by atomic mass is 19.3. The Morgan fingerprint density at radius 3 is 2.56 bits per heavy atom. The summed E-state index contributed by atoms with van der Waals surface area (Å²) in [6.07, 6.45) is 0.247. The van der Waals surface area contributed by atoms with Gasteiger partial charge in [0.1, 0.15) is 11.5 Å². The van der Waals surface area contributed by atoms with Gasteiger partial charge in [-0.2, -0.15) is 0 Å². The van der Waals surface area contributed by atoms with Crippen LogP contribution in [0.2, 0.25) is 0 Å². The number of allylic oxidation sites excluding steroid dienone is 1. The standard InChI is InChI=1S/C19H15F2N3O3/c1-10-5-6-22-17(10)18(25)24-16-4-3-12(9-23-16)13-8-15-14(7-11(13)2)26-19(20,21)27-15/h3-4,6-9H,5H2,1-2H3,(H,23,24,25). The highest BCUT2D eigenvalue weighted by Crippen LogP contribution is 2.44. The molecule has 8 heteroatoms. The van der Waals surface area contributed by atoms with Crippen molar-refractivity contribution in [2.45, 2.75) is 26.6 Å². The zero-order chi connectivity index (χ0) is 19.2. The summed E-state index contributed by atoms with van der Waals surface area (Å²) in [6, 6.07) is 6.36. The maximum atomic E-state index is 13.2. The van der Waals surface area contributed by atoms with E-state index in [-0.39, 0.29) is 17.4 Å². The van der Waals surface area contributed by atoms with Crippen LogP contribution in [0.4, 0.5) is 14.6 Å². The number of fused-ring (bicyclic) bond motifs is 1. The summed E-state index contributed by atoms with van der Waals surface area (Å²) in [5, 5.41) is 2.69. The minimum Gasteiger partial charge on any atom is -0.395 e. The Hall–Kier alpha value is -3.29. The molecule has 6 nitrogen and oxygen atoms in total. The second-order valence-corrected chi connectivity index (χ2v) is 6.31. The van der Waals surface area contributed by atoms with Gasteiger partial charge in [-0.25, -0.2) is 4.98 Å². The average molecular weight is 371 g/mol. The van der Waals surface area contributed by atoms with E-state index in [0.29, 0.717) is 29.1 Å². The molecule has 0 saturated heterocycles. The van der Waals surface area contributed by atoms with Crippen LogP contribution >= 0.6 is 0 Å². The van der Waals surface area contributed by atoms with E-state index in [0.717, 1.165) is 11.1 Å². The number of aromatic nitrogens is 1. The van der Waals surface area contributed by atoms with Crippen LogP contribution in [0.15, 0.2) is 46.7 Å². The van der Waals surface area contributed by atoms with Crippen LogP contribution in [0, 0.1) is 6.92 Å². The van der Waals surface area contributed by atoms with Gasteiger partial charge in [0.2, 0.25) is 0 Å². The molecule has 1 N–H and O–H groups in total. The lowest BCUT2D eigenvalue weighted by molar-refractivity contribution is -0.286. The van der Waals surface area contributed by atoms with Crippen molar-refractivity contribution >= 4 is 17.9 Å². The molecule has 4 rings (SSSR count). The Balaban J connectivity index is 1.56. The fraction of sp³-hybridized carbons (Fsp3) is 0.211. The zero-order valence-electron chi connectivity index (χ0n) is 14.5. The number of aryl methyl sites for hydroxylation is 1. The van der Waals surface area contributed by atoms with Crippen LogP contribution in [0.25, 0.3) is 11.1 Å². The molecule has 27 heavy (non-hydrogen) atoms. The van der Waals surface area contributed by atoms with E-state index in [1.54, 1.807) is 31.5 Å². The van der Waals surface area contributed by atoms with Crippen molar-refractivity contribution in [1.82, 2.24) is 4.98 Å². The molecule has 0 spiro atoms. The molecule has 3 heterocycles. The number of alkyl halides is 2. The molecule has 0 bridgehead atoms. The third kappa shape index (κ3) is 3.25. The van der Waals surface area contributed by atoms with Gasteiger partial charge < -0.3 is 14.8 Å². The number of aliphatic imine (C=N–C) groups is 1. The van der Waals surface area contributed by atoms with Gasteiger partial charge in [0.15, 0.2) is 11.5 Å². The quantitative estimate of drug-likeness (QED) is 0.883. The van der Waals surface area contributed by atoms with E-state index in [2.05, 4.69) is 24.8 Å². The first-order valence-corrected chi connectivity index (χ1v) is 8.23. The summed E-state index contributed by atoms with van der Waals surface area (Å²) in [5.74, 6) is 0.0254. The fourth-order valence-electron chi connectivity index (χ4n) is 2.94. The van der Waals surface area contributed by atoms with Gasteiger partial charge in [-0.1, -0.05) is 0 Å². The lowest BCUT2D eigenvalue weighted by Gasteiger charge is -2.09. The molecule has 2 aliphatic rings. The van der Waals surface area contributed by atoms with Crippen LogP contribution in [-0.4, -0.2) is 23.4 Å². The Morgan fingerprint density at radius 1 is 1.19 bits per heavy atom. The number of carbonyl (C=O) groups excluding carboxylic acids is 1. The monoisotopic (exact) mass is 371 g/mol. The van der Waals surface area contributed by atoms with Gasteiger partial charge in [-0.15, -0.1) is 8.78 Å². The molecule has 2 aliphatic heterocycles. The normalized spacial score (nSPS) is 16.7. The molecule has 0 radical (unpaired) electrons. The van der Waals surface area contributed by atoms with Gasteiger partial charge >= 0.3 is 6.29 Å². The molecule has 0 fully saturated rings. The van der Waals surface area contributed by atoms with Crippen molar-refractivity contribution in [3.8, 4) is 22.6 Å². The first kappa shape index (κ1) is 17.1. The Morgan fingerprint density at radius 2 is 1.93 bits per heavy atom. The van der Waals surface area contributed by atoms with Gasteiger partial charge in [0, 0.05) is 24.4 Å². The summed E-state index contributed by atoms with van der Waals surface area (Å²) in [6.45, 7) is 3.63. The molecule has 138 valence electrons. The predicted molar refractivity (Wildman–Crippen MR) is 95.1 cm³/mol. The fourth-order valence-corrected chi connectivity index (χ4v) is 2.94. The van der Waals surface area contributed by atoms with Crippen molar-refractivity contribution in [3.05, 3.63) is 47.3 Å². The zero-order valence-corrected chi connectivity index (χ0v) is 14.5. The van der Waals surface area contributed by atoms with Gasteiger partial charge in [-0.3, -0.25) is 9.79 Å². The second-order valence-electron chi connectivity index (χ2n) is 6.31. The number of hydrogen-bond acceptors (Lipinski definition) is 5. The van der Waals surface area contributed by atoms with Gasteiger partial charge in [0.25, 0.3) is 5.91 Å². The molecular formula is C19H15F2N3O3. The number of anilines is 1. The molecule has 2 aromatic rings. The maximum absolute atomic E-state index is 13.2. The number of nitrogens with zero attached hydrogens (tertiary/aromatic N) is 2. The Bertz CT molecular complexity index is 998. The van der Waals surface area contributed by atoms with Gasteiger partial charge in [0.05, 0.1) is 0 Å². The van der Waals surface area contributed by atoms with Gasteiger partial charge in [-0.05, 0) is 54.8 Å². The largest absolute Gasteiger partial charge is 0.586 e. The number of hydrogen-bond donors (Lipinski definition) is 1. The number of benzene rings is 1. The van der Waals surface area contributed by atoms with Crippen LogP contribution in [0.5, 0.6) is 11.5 Å². The number of rotatable bonds is 3. The maximum Gasteiger partial charge on any atom is 0.586 e. The SMILES string of the molecule is CC1=C(C(=O)Nc2ccc(-c3cc4c(cc3C)OC(F)(F)O4)cn2)N=CC1. The molecule has 1 aromatic heterocycles. The number of ether oxygens (including phenoxy) is 2. The third-order valence-corrected chi connectivity index (χ3v) is 4.30. The van der Waals surface area contributed by atoms with Crippen molar-refractivity contribution in [3.63, 3.8) is 0 Å². The van der Waals surface area contributed by atoms with Crippen LogP contribution in [-0.2, 0) is 4.79 Å². The first-order chi connectivity index (χ1) is 12.8. The van der Waals surface area contributed by atoms with E-state index in [4.69, 9.17) is 0 Å². The summed E-state index contributed by atoms with van der Waals surface area (Å²) >= 11 is 0. The minimum atomic E-state index is -3.66. The van der Waals surface area contributed by atoms with Crippen LogP contribution < -0.4 is 14.8 Å². The number of pyridine rings is 1. The van der Waals surface area contributed by atoms with Crippen molar-refractivity contribution in [2.75, 3.05) is 5.32 Å². The summed E-state index contributed by atoms with van der Waals surface area (Å²) in [7, 11) is 0. The summed E-state index contributed by atoms with van der Waals surface area (Å²) < 4.78 is 35.4. The predicted octanol–water partition coefficient (Wildman–Crippen LogP) is 4.07. The van der Waals surface area contributed by atoms with Crippen molar-refractivity contribution < 1.29 is 23.0 Å². The van der Waals surface area contributed by atoms with Crippen molar-refractivity contribution in [2.24, 2.45) is 4.99 Å². The molecule has 1 amide bonds. The van der Waals surface area contributed by atoms with E-state index in [1.807, 2.05) is 6.92 Å². The Labute approximate surface area is 153 Å². The molecule has 0 unspecified atom stereocenters. The lowest BCUT2D eigenvalue weighted by atomic mass is 10.0. The first-order valence-electron chi connectivity index (χ1n) is 8.23. The van der Waals surface area contributed by atoms with Crippen LogP contribution in [0.3, 0.4) is 0 Å². The highest BCUT2D eigenvalue weighted by molar-refractivity contribution is 6.05. The summed E-state index contributed by atoms with van der Waals surface area (Å²) in [4.78, 5) is 20.5. The van der Waals surface area contributed by atoms with E-state index < -0.39 is 6.29 Å².